The minimum atomic E-state index is -0.651. The fourth-order valence-electron chi connectivity index (χ4n) is 4.47. The highest BCUT2D eigenvalue weighted by Crippen LogP contribution is 2.53. The first kappa shape index (κ1) is 24.1. The number of thiazole rings is 1. The van der Waals surface area contributed by atoms with Crippen molar-refractivity contribution < 1.29 is 19.1 Å². The number of methoxy groups -OCH3 is 1. The summed E-state index contributed by atoms with van der Waals surface area (Å²) in [6, 6.07) is 12.7. The summed E-state index contributed by atoms with van der Waals surface area (Å²) < 4.78 is 12.4. The number of imide groups is 1. The molecule has 2 aliphatic rings. The van der Waals surface area contributed by atoms with Gasteiger partial charge in [0.15, 0.2) is 11.5 Å². The van der Waals surface area contributed by atoms with E-state index in [1.54, 1.807) is 31.4 Å². The molecule has 3 heterocycles. The molecule has 10 heteroatoms. The predicted molar refractivity (Wildman–Crippen MR) is 140 cm³/mol. The molecule has 0 spiro atoms. The number of nitrogens with one attached hydrogen (secondary N) is 1. The zero-order valence-electron chi connectivity index (χ0n) is 19.2. The van der Waals surface area contributed by atoms with Gasteiger partial charge in [-0.1, -0.05) is 58.9 Å². The number of fused-ring (bicyclic) bond motifs is 2. The Morgan fingerprint density at radius 2 is 1.80 bits per heavy atom. The largest absolute Gasteiger partial charge is 0.493 e. The normalized spacial score (nSPS) is 21.3. The maximum absolute atomic E-state index is 13.8. The lowest BCUT2D eigenvalue weighted by Gasteiger charge is -2.30. The van der Waals surface area contributed by atoms with E-state index in [0.717, 1.165) is 26.3 Å². The number of amides is 2. The van der Waals surface area contributed by atoms with Crippen molar-refractivity contribution >= 4 is 56.5 Å². The van der Waals surface area contributed by atoms with Crippen molar-refractivity contribution in [3.05, 3.63) is 67.0 Å². The Kier molecular flexibility index (Phi) is 6.54. The lowest BCUT2D eigenvalue weighted by molar-refractivity contribution is -0.122. The van der Waals surface area contributed by atoms with E-state index in [2.05, 4.69) is 34.8 Å². The van der Waals surface area contributed by atoms with Crippen LogP contribution in [0.15, 0.2) is 56.8 Å². The Morgan fingerprint density at radius 3 is 2.49 bits per heavy atom. The monoisotopic (exact) mass is 574 g/mol. The van der Waals surface area contributed by atoms with Crippen LogP contribution in [0.5, 0.6) is 11.5 Å². The molecule has 3 atom stereocenters. The highest BCUT2D eigenvalue weighted by molar-refractivity contribution is 9.10. The number of nitrogens with zero attached hydrogens (tertiary/aromatic N) is 1. The Bertz CT molecular complexity index is 1350. The molecule has 2 aliphatic heterocycles. The van der Waals surface area contributed by atoms with Crippen LogP contribution in [-0.4, -0.2) is 35.8 Å². The number of hydrogen-bond acceptors (Lipinski definition) is 7. The van der Waals surface area contributed by atoms with Gasteiger partial charge in [-0.15, -0.1) is 0 Å². The molecule has 2 unspecified atom stereocenters. The number of H-pyrrole nitrogens is 1. The van der Waals surface area contributed by atoms with Gasteiger partial charge in [0.1, 0.15) is 5.25 Å². The standard InChI is InChI=1S/C25H23BrN2O5S2/c1-12(2)11-33-16-9-4-13(10-17(16)32-3)18-19-21(34-22-20(18)35-25(31)27-22)24(30)28(23(19)29)15-7-5-14(26)6-8-15/h4-10,12,18-19,21H,11H2,1-3H3,(H,27,31)/t18-,19?,21?/m1/s1. The Hall–Kier alpha value is -2.56. The zero-order valence-corrected chi connectivity index (χ0v) is 22.5. The summed E-state index contributed by atoms with van der Waals surface area (Å²) in [6.07, 6.45) is 0. The van der Waals surface area contributed by atoms with E-state index in [4.69, 9.17) is 9.47 Å². The molecule has 1 N–H and O–H groups in total. The number of anilines is 1. The second kappa shape index (κ2) is 9.48. The maximum atomic E-state index is 13.8. The van der Waals surface area contributed by atoms with Crippen LogP contribution in [0.25, 0.3) is 0 Å². The molecule has 3 aromatic rings. The van der Waals surface area contributed by atoms with Gasteiger partial charge in [-0.05, 0) is 47.9 Å². The average Bonchev–Trinajstić information content (AvgIpc) is 3.32. The second-order valence-electron chi connectivity index (χ2n) is 8.85. The van der Waals surface area contributed by atoms with Crippen molar-refractivity contribution in [3.63, 3.8) is 0 Å². The van der Waals surface area contributed by atoms with Crippen LogP contribution in [0.1, 0.15) is 30.2 Å². The predicted octanol–water partition coefficient (Wildman–Crippen LogP) is 5.04. The molecule has 7 nitrogen and oxygen atoms in total. The molecule has 2 aromatic carbocycles. The van der Waals surface area contributed by atoms with Crippen LogP contribution in [-0.2, 0) is 9.59 Å². The van der Waals surface area contributed by atoms with Gasteiger partial charge in [0, 0.05) is 15.3 Å². The number of ether oxygens (including phenoxy) is 2. The molecule has 35 heavy (non-hydrogen) atoms. The van der Waals surface area contributed by atoms with Crippen molar-refractivity contribution in [3.8, 4) is 11.5 Å². The number of rotatable bonds is 6. The average molecular weight is 576 g/mol. The van der Waals surface area contributed by atoms with Crippen molar-refractivity contribution in [2.45, 2.75) is 30.0 Å². The molecule has 0 radical (unpaired) electrons. The summed E-state index contributed by atoms with van der Waals surface area (Å²) in [5.41, 5.74) is 1.33. The molecule has 0 saturated carbocycles. The van der Waals surface area contributed by atoms with E-state index in [1.165, 1.54) is 16.7 Å². The number of carbonyl (C=O) groups is 2. The zero-order chi connectivity index (χ0) is 24.9. The van der Waals surface area contributed by atoms with Crippen molar-refractivity contribution in [1.29, 1.82) is 0 Å². The first-order valence-electron chi connectivity index (χ1n) is 11.1. The molecule has 0 bridgehead atoms. The maximum Gasteiger partial charge on any atom is 0.305 e. The van der Waals surface area contributed by atoms with Gasteiger partial charge in [0.2, 0.25) is 11.8 Å². The fraction of sp³-hybridized carbons (Fsp3) is 0.320. The highest BCUT2D eigenvalue weighted by atomic mass is 79.9. The molecule has 182 valence electrons. The van der Waals surface area contributed by atoms with Gasteiger partial charge >= 0.3 is 4.87 Å². The number of aromatic nitrogens is 1. The first-order valence-corrected chi connectivity index (χ1v) is 13.6. The number of benzene rings is 2. The van der Waals surface area contributed by atoms with Crippen molar-refractivity contribution in [1.82, 2.24) is 4.98 Å². The van der Waals surface area contributed by atoms with Gasteiger partial charge < -0.3 is 14.5 Å². The van der Waals surface area contributed by atoms with Crippen LogP contribution < -0.4 is 19.2 Å². The third-order valence-corrected chi connectivity index (χ3v) is 8.96. The van der Waals surface area contributed by atoms with E-state index in [-0.39, 0.29) is 16.7 Å². The highest BCUT2D eigenvalue weighted by Gasteiger charge is 2.56. The van der Waals surface area contributed by atoms with Gasteiger partial charge in [0.05, 0.1) is 30.3 Å². The number of thioether (sulfide) groups is 1. The molecule has 1 saturated heterocycles. The van der Waals surface area contributed by atoms with Crippen LogP contribution in [0.4, 0.5) is 5.69 Å². The minimum absolute atomic E-state index is 0.207. The Balaban J connectivity index is 1.59. The van der Waals surface area contributed by atoms with Crippen molar-refractivity contribution in [2.75, 3.05) is 18.6 Å². The number of halogens is 1. The van der Waals surface area contributed by atoms with Gasteiger partial charge in [-0.3, -0.25) is 14.4 Å². The van der Waals surface area contributed by atoms with Gasteiger partial charge in [0.25, 0.3) is 0 Å². The smallest absolute Gasteiger partial charge is 0.305 e. The summed E-state index contributed by atoms with van der Waals surface area (Å²) in [7, 11) is 1.57. The van der Waals surface area contributed by atoms with Crippen LogP contribution in [0.2, 0.25) is 0 Å². The third-order valence-electron chi connectivity index (χ3n) is 6.03. The molecular formula is C25H23BrN2O5S2. The lowest BCUT2D eigenvalue weighted by atomic mass is 9.83. The topological polar surface area (TPSA) is 88.7 Å². The SMILES string of the molecule is COc1cc([C@H]2c3sc(=O)[nH]c3SC3C(=O)N(c4ccc(Br)cc4)C(=O)C32)ccc1OCC(C)C. The fourth-order valence-corrected chi connectivity index (χ4v) is 7.25. The summed E-state index contributed by atoms with van der Waals surface area (Å²) >= 11 is 5.74. The van der Waals surface area contributed by atoms with E-state index in [0.29, 0.717) is 34.7 Å². The summed E-state index contributed by atoms with van der Waals surface area (Å²) in [5.74, 6) is -0.165. The lowest BCUT2D eigenvalue weighted by Crippen LogP contribution is -2.32. The molecule has 0 aliphatic carbocycles. The summed E-state index contributed by atoms with van der Waals surface area (Å²) in [6.45, 7) is 4.67. The molecule has 1 aromatic heterocycles. The van der Waals surface area contributed by atoms with E-state index >= 15 is 0 Å². The number of carbonyl (C=O) groups excluding carboxylic acids is 2. The second-order valence-corrected chi connectivity index (χ2v) is 11.9. The third kappa shape index (κ3) is 4.32. The van der Waals surface area contributed by atoms with Crippen LogP contribution in [0, 0.1) is 11.8 Å². The van der Waals surface area contributed by atoms with E-state index in [9.17, 15) is 14.4 Å². The van der Waals surface area contributed by atoms with Crippen LogP contribution in [0.3, 0.4) is 0 Å². The Morgan fingerprint density at radius 1 is 1.06 bits per heavy atom. The summed E-state index contributed by atoms with van der Waals surface area (Å²) in [5, 5.41) is 0.000849. The first-order chi connectivity index (χ1) is 16.8. The summed E-state index contributed by atoms with van der Waals surface area (Å²) in [4.78, 5) is 44.2. The number of hydrogen-bond donors (Lipinski definition) is 1. The van der Waals surface area contributed by atoms with Crippen molar-refractivity contribution in [2.24, 2.45) is 11.8 Å². The van der Waals surface area contributed by atoms with Crippen LogP contribution >= 0.6 is 39.0 Å². The molecule has 1 fully saturated rings. The number of aromatic amines is 1. The van der Waals surface area contributed by atoms with Gasteiger partial charge in [-0.25, -0.2) is 4.90 Å². The molecule has 5 rings (SSSR count). The van der Waals surface area contributed by atoms with E-state index in [1.807, 2.05) is 18.2 Å². The quantitative estimate of drug-likeness (QED) is 0.415. The molecule has 2 amide bonds. The van der Waals surface area contributed by atoms with Gasteiger partial charge in [-0.2, -0.15) is 0 Å². The molecular weight excluding hydrogens is 552 g/mol. The van der Waals surface area contributed by atoms with E-state index < -0.39 is 17.1 Å². The minimum Gasteiger partial charge on any atom is -0.493 e. The Labute approximate surface area is 219 Å².